The summed E-state index contributed by atoms with van der Waals surface area (Å²) in [5, 5.41) is 10.7. The van der Waals surface area contributed by atoms with Crippen LogP contribution in [0, 0.1) is 11.3 Å². The van der Waals surface area contributed by atoms with Crippen molar-refractivity contribution >= 4 is 22.8 Å². The van der Waals surface area contributed by atoms with Crippen LogP contribution in [0.15, 0.2) is 24.8 Å². The number of H-pyrrole nitrogens is 1. The first-order valence-corrected chi connectivity index (χ1v) is 9.81. The molecule has 0 radical (unpaired) electrons. The lowest BCUT2D eigenvalue weighted by molar-refractivity contribution is -0.104. The molecule has 2 saturated heterocycles. The number of carbonyl (C=O) groups excluding carboxylic acids is 1. The molecule has 5 rings (SSSR count). The summed E-state index contributed by atoms with van der Waals surface area (Å²) < 4.78 is 12.3. The maximum absolute atomic E-state index is 12.3. The number of rotatable bonds is 3. The van der Waals surface area contributed by atoms with E-state index in [-0.39, 0.29) is 12.2 Å². The summed E-state index contributed by atoms with van der Waals surface area (Å²) >= 11 is 0. The Morgan fingerprint density at radius 3 is 2.73 bits per heavy atom. The Morgan fingerprint density at radius 2 is 2.10 bits per heavy atom. The summed E-state index contributed by atoms with van der Waals surface area (Å²) in [6.07, 6.45) is 4.88. The number of carbonyl (C=O) groups is 1. The van der Waals surface area contributed by atoms with Crippen molar-refractivity contribution in [3.63, 3.8) is 0 Å². The van der Waals surface area contributed by atoms with Crippen LogP contribution in [0.5, 0.6) is 0 Å². The number of ether oxygens (including phenoxy) is 2. The molecule has 0 saturated carbocycles. The summed E-state index contributed by atoms with van der Waals surface area (Å²) in [4.78, 5) is 28.2. The molecule has 0 unspecified atom stereocenters. The molecular weight excluding hydrogens is 386 g/mol. The fourth-order valence-electron chi connectivity index (χ4n) is 3.84. The molecule has 3 aromatic rings. The van der Waals surface area contributed by atoms with E-state index in [1.165, 1.54) is 0 Å². The van der Waals surface area contributed by atoms with E-state index in [9.17, 15) is 10.1 Å². The van der Waals surface area contributed by atoms with Crippen LogP contribution < -0.4 is 4.90 Å². The molecule has 2 aliphatic rings. The highest BCUT2D eigenvalue weighted by atomic mass is 16.6. The number of fused-ring (bicyclic) bond motifs is 1. The lowest BCUT2D eigenvalue weighted by Crippen LogP contribution is -2.51. The van der Waals surface area contributed by atoms with Gasteiger partial charge in [-0.2, -0.15) is 5.26 Å². The third-order valence-electron chi connectivity index (χ3n) is 5.50. The Labute approximate surface area is 172 Å². The van der Waals surface area contributed by atoms with Crippen molar-refractivity contribution in [3.8, 4) is 17.5 Å². The van der Waals surface area contributed by atoms with Crippen LogP contribution in [0.3, 0.4) is 0 Å². The van der Waals surface area contributed by atoms with Gasteiger partial charge < -0.3 is 28.8 Å². The van der Waals surface area contributed by atoms with E-state index < -0.39 is 0 Å². The fraction of sp³-hybridized carbons (Fsp3) is 0.400. The highest BCUT2D eigenvalue weighted by molar-refractivity contribution is 5.99. The van der Waals surface area contributed by atoms with E-state index >= 15 is 0 Å². The molecule has 30 heavy (non-hydrogen) atoms. The molecule has 1 amide bonds. The largest absolute Gasteiger partial charge is 0.441 e. The first-order chi connectivity index (χ1) is 14.6. The van der Waals surface area contributed by atoms with Crippen molar-refractivity contribution in [2.75, 3.05) is 44.3 Å². The van der Waals surface area contributed by atoms with E-state index in [0.717, 1.165) is 11.1 Å². The average Bonchev–Trinajstić information content (AvgIpc) is 3.33. The second-order valence-electron chi connectivity index (χ2n) is 7.48. The molecule has 154 valence electrons. The number of aryl methyl sites for hydroxylation is 1. The molecule has 0 spiro atoms. The standard InChI is InChI=1S/C20H21N7O3/c1-25-9-15(23-12-25)18-14(8-21)17-16(2-3-22-19(17)24-18)26-4-6-27(7-5-26)20(28)30-13-10-29-11-13/h2-3,9,12-13H,4-7,10-11H2,1H3,(H,22,24). The predicted molar refractivity (Wildman–Crippen MR) is 108 cm³/mol. The molecule has 3 aromatic heterocycles. The summed E-state index contributed by atoms with van der Waals surface area (Å²) in [7, 11) is 1.89. The molecule has 2 fully saturated rings. The summed E-state index contributed by atoms with van der Waals surface area (Å²) in [6, 6.07) is 4.24. The van der Waals surface area contributed by atoms with Crippen LogP contribution >= 0.6 is 0 Å². The number of aromatic nitrogens is 4. The molecule has 0 atom stereocenters. The topological polar surface area (TPSA) is 112 Å². The van der Waals surface area contributed by atoms with Crippen molar-refractivity contribution in [2.24, 2.45) is 7.05 Å². The van der Waals surface area contributed by atoms with Gasteiger partial charge in [-0.3, -0.25) is 0 Å². The van der Waals surface area contributed by atoms with Gasteiger partial charge in [-0.05, 0) is 6.07 Å². The Kier molecular flexibility index (Phi) is 4.52. The van der Waals surface area contributed by atoms with Gasteiger partial charge in [-0.15, -0.1) is 0 Å². The van der Waals surface area contributed by atoms with Crippen LogP contribution in [0.4, 0.5) is 10.5 Å². The Balaban J connectivity index is 1.40. The summed E-state index contributed by atoms with van der Waals surface area (Å²) in [6.45, 7) is 3.34. The van der Waals surface area contributed by atoms with Gasteiger partial charge in [0.05, 0.1) is 41.9 Å². The lowest BCUT2D eigenvalue weighted by Gasteiger charge is -2.37. The number of nitrogens with zero attached hydrogens (tertiary/aromatic N) is 6. The Hall–Kier alpha value is -3.58. The summed E-state index contributed by atoms with van der Waals surface area (Å²) in [5.74, 6) is 0. The van der Waals surface area contributed by atoms with E-state index in [1.807, 2.05) is 23.9 Å². The van der Waals surface area contributed by atoms with Crippen molar-refractivity contribution in [1.29, 1.82) is 5.26 Å². The molecule has 1 N–H and O–H groups in total. The number of piperazine rings is 1. The Morgan fingerprint density at radius 1 is 1.30 bits per heavy atom. The fourth-order valence-corrected chi connectivity index (χ4v) is 3.84. The zero-order valence-electron chi connectivity index (χ0n) is 16.5. The monoisotopic (exact) mass is 407 g/mol. The number of hydrogen-bond acceptors (Lipinski definition) is 7. The maximum atomic E-state index is 12.3. The second-order valence-corrected chi connectivity index (χ2v) is 7.48. The number of imidazole rings is 1. The summed E-state index contributed by atoms with van der Waals surface area (Å²) in [5.41, 5.74) is 3.47. The van der Waals surface area contributed by atoms with E-state index in [0.29, 0.717) is 62.0 Å². The number of aromatic amines is 1. The van der Waals surface area contributed by atoms with E-state index in [2.05, 4.69) is 25.9 Å². The van der Waals surface area contributed by atoms with Gasteiger partial charge in [0, 0.05) is 45.6 Å². The normalized spacial score (nSPS) is 17.1. The van der Waals surface area contributed by atoms with Crippen LogP contribution in [-0.4, -0.2) is 76.0 Å². The second kappa shape index (κ2) is 7.35. The number of nitrogens with one attached hydrogen (secondary N) is 1. The molecular formula is C20H21N7O3. The third kappa shape index (κ3) is 3.13. The van der Waals surface area contributed by atoms with Crippen molar-refractivity contribution in [2.45, 2.75) is 6.10 Å². The van der Waals surface area contributed by atoms with E-state index in [4.69, 9.17) is 9.47 Å². The number of amides is 1. The highest BCUT2D eigenvalue weighted by Gasteiger charge is 2.29. The molecule has 0 aliphatic carbocycles. The number of nitriles is 1. The first-order valence-electron chi connectivity index (χ1n) is 9.81. The zero-order valence-corrected chi connectivity index (χ0v) is 16.5. The first kappa shape index (κ1) is 18.4. The number of hydrogen-bond donors (Lipinski definition) is 1. The number of pyridine rings is 1. The van der Waals surface area contributed by atoms with Gasteiger partial charge in [-0.25, -0.2) is 14.8 Å². The van der Waals surface area contributed by atoms with Gasteiger partial charge in [-0.1, -0.05) is 0 Å². The number of anilines is 1. The Bertz CT molecular complexity index is 1130. The smallest absolute Gasteiger partial charge is 0.410 e. The molecule has 5 heterocycles. The van der Waals surface area contributed by atoms with Gasteiger partial charge >= 0.3 is 6.09 Å². The minimum absolute atomic E-state index is 0.126. The van der Waals surface area contributed by atoms with Crippen LogP contribution in [0.2, 0.25) is 0 Å². The molecule has 10 nitrogen and oxygen atoms in total. The van der Waals surface area contributed by atoms with Crippen LogP contribution in [0.25, 0.3) is 22.4 Å². The zero-order chi connectivity index (χ0) is 20.7. The van der Waals surface area contributed by atoms with Gasteiger partial charge in [0.1, 0.15) is 17.4 Å². The van der Waals surface area contributed by atoms with Gasteiger partial charge in [0.25, 0.3) is 0 Å². The lowest BCUT2D eigenvalue weighted by atomic mass is 10.1. The highest BCUT2D eigenvalue weighted by Crippen LogP contribution is 2.34. The molecule has 0 bridgehead atoms. The quantitative estimate of drug-likeness (QED) is 0.700. The van der Waals surface area contributed by atoms with E-state index in [1.54, 1.807) is 17.4 Å². The van der Waals surface area contributed by atoms with Crippen molar-refractivity contribution in [3.05, 3.63) is 30.4 Å². The third-order valence-corrected chi connectivity index (χ3v) is 5.50. The van der Waals surface area contributed by atoms with Crippen LogP contribution in [-0.2, 0) is 16.5 Å². The van der Waals surface area contributed by atoms with Gasteiger partial charge in [0.15, 0.2) is 6.10 Å². The van der Waals surface area contributed by atoms with Gasteiger partial charge in [0.2, 0.25) is 0 Å². The minimum atomic E-state index is -0.292. The predicted octanol–water partition coefficient (Wildman–Crippen LogP) is 1.49. The maximum Gasteiger partial charge on any atom is 0.410 e. The molecule has 10 heteroatoms. The average molecular weight is 407 g/mol. The molecule has 0 aromatic carbocycles. The van der Waals surface area contributed by atoms with Crippen molar-refractivity contribution < 1.29 is 14.3 Å². The van der Waals surface area contributed by atoms with Crippen molar-refractivity contribution in [1.82, 2.24) is 24.4 Å². The SMILES string of the molecule is Cn1cnc(-c2[nH]c3nccc(N4CCN(C(=O)OC5COC5)CC4)c3c2C#N)c1. The molecule has 2 aliphatic heterocycles. The van der Waals surface area contributed by atoms with Crippen LogP contribution in [0.1, 0.15) is 5.56 Å². The minimum Gasteiger partial charge on any atom is -0.441 e.